The standard InChI is InChI=1S/C12H19N5O/c1-17-4-2-3-9(8-17)5-16-12(18)10-6-15-11(13)7-14-10/h6-7,9H,2-5,8H2,1H3,(H2,13,15)(H,16,18). The average molecular weight is 249 g/mol. The van der Waals surface area contributed by atoms with Crippen molar-refractivity contribution in [2.75, 3.05) is 32.4 Å². The van der Waals surface area contributed by atoms with Gasteiger partial charge in [-0.15, -0.1) is 0 Å². The van der Waals surface area contributed by atoms with E-state index in [1.54, 1.807) is 0 Å². The third-order valence-electron chi connectivity index (χ3n) is 3.18. The van der Waals surface area contributed by atoms with Crippen LogP contribution in [-0.2, 0) is 0 Å². The Kier molecular flexibility index (Phi) is 4.09. The summed E-state index contributed by atoms with van der Waals surface area (Å²) in [6, 6.07) is 0. The lowest BCUT2D eigenvalue weighted by molar-refractivity contribution is 0.0931. The lowest BCUT2D eigenvalue weighted by Gasteiger charge is -2.29. The second-order valence-corrected chi connectivity index (χ2v) is 4.81. The monoisotopic (exact) mass is 249 g/mol. The molecule has 0 bridgehead atoms. The first-order chi connectivity index (χ1) is 8.65. The number of anilines is 1. The highest BCUT2D eigenvalue weighted by atomic mass is 16.1. The number of hydrogen-bond donors (Lipinski definition) is 2. The molecular formula is C12H19N5O. The third kappa shape index (κ3) is 3.40. The predicted octanol–water partition coefficient (Wildman–Crippen LogP) is 0.130. The number of nitrogen functional groups attached to an aromatic ring is 1. The van der Waals surface area contributed by atoms with Crippen molar-refractivity contribution in [1.82, 2.24) is 20.2 Å². The van der Waals surface area contributed by atoms with E-state index in [4.69, 9.17) is 5.73 Å². The summed E-state index contributed by atoms with van der Waals surface area (Å²) >= 11 is 0. The van der Waals surface area contributed by atoms with E-state index in [0.717, 1.165) is 19.5 Å². The molecule has 0 aromatic carbocycles. The lowest BCUT2D eigenvalue weighted by Crippen LogP contribution is -2.39. The van der Waals surface area contributed by atoms with Gasteiger partial charge in [0.2, 0.25) is 0 Å². The third-order valence-corrected chi connectivity index (χ3v) is 3.18. The normalized spacial score (nSPS) is 20.6. The Labute approximate surface area is 107 Å². The van der Waals surface area contributed by atoms with E-state index in [1.165, 1.54) is 18.8 Å². The SMILES string of the molecule is CN1CCCC(CNC(=O)c2cnc(N)cn2)C1. The molecule has 1 aromatic rings. The molecule has 1 unspecified atom stereocenters. The Morgan fingerprint density at radius 2 is 2.39 bits per heavy atom. The molecule has 1 atom stereocenters. The van der Waals surface area contributed by atoms with Crippen molar-refractivity contribution in [2.45, 2.75) is 12.8 Å². The van der Waals surface area contributed by atoms with Crippen LogP contribution in [0.2, 0.25) is 0 Å². The number of hydrogen-bond acceptors (Lipinski definition) is 5. The Morgan fingerprint density at radius 1 is 1.56 bits per heavy atom. The molecule has 1 saturated heterocycles. The molecule has 0 aliphatic carbocycles. The summed E-state index contributed by atoms with van der Waals surface area (Å²) in [6.45, 7) is 2.87. The molecule has 1 aliphatic heterocycles. The van der Waals surface area contributed by atoms with E-state index in [1.807, 2.05) is 0 Å². The van der Waals surface area contributed by atoms with Crippen LogP contribution in [0.4, 0.5) is 5.82 Å². The van der Waals surface area contributed by atoms with E-state index < -0.39 is 0 Å². The van der Waals surface area contributed by atoms with Gasteiger partial charge >= 0.3 is 0 Å². The number of carbonyl (C=O) groups is 1. The van der Waals surface area contributed by atoms with Gasteiger partial charge in [0.25, 0.3) is 5.91 Å². The number of amides is 1. The maximum Gasteiger partial charge on any atom is 0.271 e. The van der Waals surface area contributed by atoms with Crippen molar-refractivity contribution in [3.8, 4) is 0 Å². The molecule has 2 heterocycles. The summed E-state index contributed by atoms with van der Waals surface area (Å²) in [5.41, 5.74) is 5.74. The molecule has 0 saturated carbocycles. The van der Waals surface area contributed by atoms with Gasteiger partial charge in [-0.1, -0.05) is 0 Å². The highest BCUT2D eigenvalue weighted by molar-refractivity contribution is 5.91. The minimum atomic E-state index is -0.185. The minimum Gasteiger partial charge on any atom is -0.382 e. The van der Waals surface area contributed by atoms with Crippen LogP contribution in [0.5, 0.6) is 0 Å². The summed E-state index contributed by atoms with van der Waals surface area (Å²) in [6.07, 6.45) is 5.15. The zero-order chi connectivity index (χ0) is 13.0. The van der Waals surface area contributed by atoms with Crippen LogP contribution in [0.1, 0.15) is 23.3 Å². The molecule has 1 aromatic heterocycles. The number of nitrogens with two attached hydrogens (primary N) is 1. The van der Waals surface area contributed by atoms with E-state index in [9.17, 15) is 4.79 Å². The van der Waals surface area contributed by atoms with Crippen LogP contribution in [-0.4, -0.2) is 47.5 Å². The van der Waals surface area contributed by atoms with Gasteiger partial charge in [-0.25, -0.2) is 9.97 Å². The van der Waals surface area contributed by atoms with Gasteiger partial charge in [-0.05, 0) is 32.4 Å². The van der Waals surface area contributed by atoms with Crippen LogP contribution >= 0.6 is 0 Å². The average Bonchev–Trinajstić information content (AvgIpc) is 2.37. The fourth-order valence-corrected chi connectivity index (χ4v) is 2.22. The number of rotatable bonds is 3. The van der Waals surface area contributed by atoms with Gasteiger partial charge in [0.15, 0.2) is 0 Å². The number of carbonyl (C=O) groups excluding carboxylic acids is 1. The van der Waals surface area contributed by atoms with Crippen LogP contribution in [0.15, 0.2) is 12.4 Å². The topological polar surface area (TPSA) is 84.1 Å². The Hall–Kier alpha value is -1.69. The molecule has 0 radical (unpaired) electrons. The predicted molar refractivity (Wildman–Crippen MR) is 69.0 cm³/mol. The van der Waals surface area contributed by atoms with Crippen molar-refractivity contribution in [3.05, 3.63) is 18.1 Å². The molecule has 2 rings (SSSR count). The van der Waals surface area contributed by atoms with Crippen molar-refractivity contribution in [2.24, 2.45) is 5.92 Å². The zero-order valence-electron chi connectivity index (χ0n) is 10.6. The number of piperidine rings is 1. The second kappa shape index (κ2) is 5.77. The van der Waals surface area contributed by atoms with E-state index in [-0.39, 0.29) is 5.91 Å². The van der Waals surface area contributed by atoms with Crippen molar-refractivity contribution in [1.29, 1.82) is 0 Å². The number of nitrogens with one attached hydrogen (secondary N) is 1. The van der Waals surface area contributed by atoms with Crippen LogP contribution in [0, 0.1) is 5.92 Å². The quantitative estimate of drug-likeness (QED) is 0.795. The molecule has 0 spiro atoms. The van der Waals surface area contributed by atoms with Crippen LogP contribution in [0.25, 0.3) is 0 Å². The fraction of sp³-hybridized carbons (Fsp3) is 0.583. The van der Waals surface area contributed by atoms with E-state index in [2.05, 4.69) is 27.2 Å². The molecule has 18 heavy (non-hydrogen) atoms. The first kappa shape index (κ1) is 12.8. The Morgan fingerprint density at radius 3 is 3.06 bits per heavy atom. The van der Waals surface area contributed by atoms with Crippen molar-refractivity contribution >= 4 is 11.7 Å². The van der Waals surface area contributed by atoms with Gasteiger partial charge in [0, 0.05) is 13.1 Å². The molecule has 6 nitrogen and oxygen atoms in total. The highest BCUT2D eigenvalue weighted by Crippen LogP contribution is 2.13. The smallest absolute Gasteiger partial charge is 0.271 e. The van der Waals surface area contributed by atoms with Crippen LogP contribution < -0.4 is 11.1 Å². The molecule has 3 N–H and O–H groups in total. The second-order valence-electron chi connectivity index (χ2n) is 4.81. The first-order valence-corrected chi connectivity index (χ1v) is 6.19. The van der Waals surface area contributed by atoms with Gasteiger partial charge in [-0.3, -0.25) is 4.79 Å². The van der Waals surface area contributed by atoms with Crippen molar-refractivity contribution < 1.29 is 4.79 Å². The largest absolute Gasteiger partial charge is 0.382 e. The first-order valence-electron chi connectivity index (χ1n) is 6.19. The molecule has 98 valence electrons. The van der Waals surface area contributed by atoms with E-state index in [0.29, 0.717) is 24.0 Å². The van der Waals surface area contributed by atoms with E-state index >= 15 is 0 Å². The maximum absolute atomic E-state index is 11.8. The Bertz CT molecular complexity index is 405. The van der Waals surface area contributed by atoms with Gasteiger partial charge in [-0.2, -0.15) is 0 Å². The summed E-state index contributed by atoms with van der Waals surface area (Å²) in [5, 5.41) is 2.90. The summed E-state index contributed by atoms with van der Waals surface area (Å²) in [7, 11) is 2.11. The van der Waals surface area contributed by atoms with Crippen molar-refractivity contribution in [3.63, 3.8) is 0 Å². The molecule has 1 amide bonds. The Balaban J connectivity index is 1.82. The number of likely N-dealkylation sites (tertiary alicyclic amines) is 1. The molecule has 6 heteroatoms. The minimum absolute atomic E-state index is 0.185. The zero-order valence-corrected chi connectivity index (χ0v) is 10.6. The molecular weight excluding hydrogens is 230 g/mol. The fourth-order valence-electron chi connectivity index (χ4n) is 2.22. The summed E-state index contributed by atoms with van der Waals surface area (Å²) in [4.78, 5) is 21.9. The number of aromatic nitrogens is 2. The van der Waals surface area contributed by atoms with Gasteiger partial charge < -0.3 is 16.0 Å². The lowest BCUT2D eigenvalue weighted by atomic mass is 9.98. The maximum atomic E-state index is 11.8. The number of nitrogens with zero attached hydrogens (tertiary/aromatic N) is 3. The summed E-state index contributed by atoms with van der Waals surface area (Å²) < 4.78 is 0. The molecule has 1 aliphatic rings. The van der Waals surface area contributed by atoms with Crippen LogP contribution in [0.3, 0.4) is 0 Å². The summed E-state index contributed by atoms with van der Waals surface area (Å²) in [5.74, 6) is 0.658. The van der Waals surface area contributed by atoms with Gasteiger partial charge in [0.05, 0.1) is 12.4 Å². The highest BCUT2D eigenvalue weighted by Gasteiger charge is 2.18. The van der Waals surface area contributed by atoms with Gasteiger partial charge in [0.1, 0.15) is 11.5 Å². The molecule has 1 fully saturated rings.